The number of unbranched alkanes of at least 4 members (excludes halogenated alkanes) is 3. The molecule has 0 aliphatic heterocycles. The van der Waals surface area contributed by atoms with Crippen molar-refractivity contribution in [3.63, 3.8) is 0 Å². The maximum atomic E-state index is 8.29. The summed E-state index contributed by atoms with van der Waals surface area (Å²) in [5.41, 5.74) is 0. The molecule has 0 aromatic heterocycles. The molecule has 0 saturated heterocycles. The van der Waals surface area contributed by atoms with Gasteiger partial charge in [0.1, 0.15) is 0 Å². The van der Waals surface area contributed by atoms with Crippen LogP contribution in [0, 0.1) is 0 Å². The third-order valence-electron chi connectivity index (χ3n) is 1.01. The van der Waals surface area contributed by atoms with E-state index in [1.807, 2.05) is 0 Å². The van der Waals surface area contributed by atoms with E-state index in [1.54, 1.807) is 0 Å². The van der Waals surface area contributed by atoms with Crippen LogP contribution in [0.2, 0.25) is 0 Å². The average Bonchev–Trinajstić information content (AvgIpc) is 1.69. The molecule has 0 bridgehead atoms. The fraction of sp³-hybridized carbons (Fsp3) is 1.00. The SMILES string of the molecule is CCCCCCO.[Cl-].[Mg+2]. The molecule has 0 unspecified atom stereocenters. The van der Waals surface area contributed by atoms with Gasteiger partial charge >= 0.3 is 23.1 Å². The van der Waals surface area contributed by atoms with E-state index in [0.29, 0.717) is 6.61 Å². The summed E-state index contributed by atoms with van der Waals surface area (Å²) in [5.74, 6) is 0. The minimum atomic E-state index is 0. The summed E-state index contributed by atoms with van der Waals surface area (Å²) < 4.78 is 0. The van der Waals surface area contributed by atoms with E-state index in [2.05, 4.69) is 6.92 Å². The zero-order chi connectivity index (χ0) is 5.54. The molecule has 0 aliphatic rings. The van der Waals surface area contributed by atoms with Crippen molar-refractivity contribution in [3.8, 4) is 0 Å². The molecule has 0 atom stereocenters. The third-order valence-corrected chi connectivity index (χ3v) is 1.01. The van der Waals surface area contributed by atoms with Crippen LogP contribution >= 0.6 is 0 Å². The first-order chi connectivity index (χ1) is 3.41. The molecular formula is C6H14ClMgO+. The van der Waals surface area contributed by atoms with E-state index in [0.717, 1.165) is 6.42 Å². The quantitative estimate of drug-likeness (QED) is 0.381. The van der Waals surface area contributed by atoms with Crippen molar-refractivity contribution in [2.24, 2.45) is 0 Å². The zero-order valence-electron chi connectivity index (χ0n) is 6.07. The Morgan fingerprint density at radius 1 is 1.11 bits per heavy atom. The molecule has 1 nitrogen and oxygen atoms in total. The van der Waals surface area contributed by atoms with E-state index >= 15 is 0 Å². The summed E-state index contributed by atoms with van der Waals surface area (Å²) in [7, 11) is 0. The van der Waals surface area contributed by atoms with Crippen LogP contribution < -0.4 is 12.4 Å². The van der Waals surface area contributed by atoms with Crippen molar-refractivity contribution in [1.29, 1.82) is 0 Å². The molecule has 0 rings (SSSR count). The minimum Gasteiger partial charge on any atom is -1.00 e. The molecule has 52 valence electrons. The van der Waals surface area contributed by atoms with Gasteiger partial charge in [-0.25, -0.2) is 0 Å². The largest absolute Gasteiger partial charge is 2.00 e. The zero-order valence-corrected chi connectivity index (χ0v) is 8.24. The van der Waals surface area contributed by atoms with Gasteiger partial charge < -0.3 is 17.5 Å². The number of hydrogen-bond donors (Lipinski definition) is 1. The Hall–Kier alpha value is 1.02. The summed E-state index contributed by atoms with van der Waals surface area (Å²) in [4.78, 5) is 0. The van der Waals surface area contributed by atoms with E-state index in [9.17, 15) is 0 Å². The summed E-state index contributed by atoms with van der Waals surface area (Å²) in [5, 5.41) is 8.29. The first-order valence-electron chi connectivity index (χ1n) is 3.02. The molecule has 0 aromatic rings. The van der Waals surface area contributed by atoms with Gasteiger partial charge in [0.25, 0.3) is 0 Å². The number of rotatable bonds is 4. The van der Waals surface area contributed by atoms with Gasteiger partial charge in [-0.2, -0.15) is 0 Å². The van der Waals surface area contributed by atoms with Crippen LogP contribution in [0.4, 0.5) is 0 Å². The molecule has 0 heterocycles. The van der Waals surface area contributed by atoms with E-state index in [-0.39, 0.29) is 35.5 Å². The summed E-state index contributed by atoms with van der Waals surface area (Å²) >= 11 is 0. The second kappa shape index (κ2) is 16.0. The molecule has 0 amide bonds. The molecule has 0 aromatic carbocycles. The summed E-state index contributed by atoms with van der Waals surface area (Å²) in [6.07, 6.45) is 4.68. The minimum absolute atomic E-state index is 0. The Labute approximate surface area is 79.8 Å². The summed E-state index contributed by atoms with van der Waals surface area (Å²) in [6.45, 7) is 2.53. The van der Waals surface area contributed by atoms with Gasteiger partial charge in [-0.05, 0) is 6.42 Å². The van der Waals surface area contributed by atoms with Crippen LogP contribution in [-0.2, 0) is 0 Å². The van der Waals surface area contributed by atoms with Crippen LogP contribution in [0.25, 0.3) is 0 Å². The first kappa shape index (κ1) is 16.5. The van der Waals surface area contributed by atoms with Gasteiger partial charge in [0.05, 0.1) is 0 Å². The molecular weight excluding hydrogens is 148 g/mol. The second-order valence-electron chi connectivity index (χ2n) is 1.78. The van der Waals surface area contributed by atoms with E-state index in [4.69, 9.17) is 5.11 Å². The topological polar surface area (TPSA) is 20.2 Å². The van der Waals surface area contributed by atoms with E-state index in [1.165, 1.54) is 19.3 Å². The van der Waals surface area contributed by atoms with Gasteiger partial charge in [-0.15, -0.1) is 0 Å². The Morgan fingerprint density at radius 2 is 1.67 bits per heavy atom. The summed E-state index contributed by atoms with van der Waals surface area (Å²) in [6, 6.07) is 0. The van der Waals surface area contributed by atoms with Crippen LogP contribution in [0.15, 0.2) is 0 Å². The average molecular weight is 162 g/mol. The normalized spacial score (nSPS) is 7.33. The number of aliphatic hydroxyl groups excluding tert-OH is 1. The molecule has 1 N–H and O–H groups in total. The van der Waals surface area contributed by atoms with Crippen LogP contribution in [-0.4, -0.2) is 34.8 Å². The van der Waals surface area contributed by atoms with Gasteiger partial charge in [-0.1, -0.05) is 26.2 Å². The van der Waals surface area contributed by atoms with Crippen LogP contribution in [0.3, 0.4) is 0 Å². The number of hydrogen-bond acceptors (Lipinski definition) is 1. The molecule has 0 radical (unpaired) electrons. The van der Waals surface area contributed by atoms with Crippen LogP contribution in [0.1, 0.15) is 32.6 Å². The van der Waals surface area contributed by atoms with Gasteiger partial charge in [-0.3, -0.25) is 0 Å². The maximum absolute atomic E-state index is 8.29. The van der Waals surface area contributed by atoms with Crippen molar-refractivity contribution in [2.75, 3.05) is 6.61 Å². The van der Waals surface area contributed by atoms with Crippen molar-refractivity contribution in [2.45, 2.75) is 32.6 Å². The maximum Gasteiger partial charge on any atom is 2.00 e. The van der Waals surface area contributed by atoms with Gasteiger partial charge in [0.15, 0.2) is 0 Å². The monoisotopic (exact) mass is 161 g/mol. The van der Waals surface area contributed by atoms with Gasteiger partial charge in [0.2, 0.25) is 0 Å². The van der Waals surface area contributed by atoms with Gasteiger partial charge in [0, 0.05) is 6.61 Å². The predicted molar refractivity (Wildman–Crippen MR) is 37.0 cm³/mol. The number of halogens is 1. The molecule has 0 fully saturated rings. The predicted octanol–water partition coefficient (Wildman–Crippen LogP) is -1.82. The van der Waals surface area contributed by atoms with Crippen molar-refractivity contribution in [3.05, 3.63) is 0 Å². The Kier molecular flexibility index (Phi) is 29.4. The standard InChI is InChI=1S/C6H14O.ClH.Mg/c1-2-3-4-5-6-7;;/h7H,2-6H2,1H3;1H;/q;;+2/p-1. The molecule has 0 aliphatic carbocycles. The fourth-order valence-corrected chi connectivity index (χ4v) is 0.539. The van der Waals surface area contributed by atoms with Crippen LogP contribution in [0.5, 0.6) is 0 Å². The third kappa shape index (κ3) is 17.6. The van der Waals surface area contributed by atoms with E-state index < -0.39 is 0 Å². The smallest absolute Gasteiger partial charge is 1.00 e. The molecule has 9 heavy (non-hydrogen) atoms. The fourth-order valence-electron chi connectivity index (χ4n) is 0.539. The second-order valence-corrected chi connectivity index (χ2v) is 1.78. The Balaban J connectivity index is -0.000000180. The molecule has 0 saturated carbocycles. The Morgan fingerprint density at radius 3 is 2.00 bits per heavy atom. The molecule has 0 spiro atoms. The van der Waals surface area contributed by atoms with Crippen molar-refractivity contribution >= 4 is 23.1 Å². The van der Waals surface area contributed by atoms with Crippen molar-refractivity contribution < 1.29 is 17.5 Å². The number of aliphatic hydroxyl groups is 1. The van der Waals surface area contributed by atoms with Crippen molar-refractivity contribution in [1.82, 2.24) is 0 Å². The molecule has 3 heteroatoms. The first-order valence-corrected chi connectivity index (χ1v) is 3.02. The Bertz CT molecular complexity index is 32.2.